The third-order valence-corrected chi connectivity index (χ3v) is 3.66. The van der Waals surface area contributed by atoms with E-state index in [0.29, 0.717) is 6.54 Å². The van der Waals surface area contributed by atoms with Gasteiger partial charge in [-0.15, -0.1) is 0 Å². The maximum Gasteiger partial charge on any atom is 0.319 e. The molecule has 1 aliphatic rings. The van der Waals surface area contributed by atoms with Gasteiger partial charge in [-0.25, -0.2) is 4.79 Å². The number of nitrogens with one attached hydrogen (secondary N) is 2. The first-order valence-electron chi connectivity index (χ1n) is 7.70. The Kier molecular flexibility index (Phi) is 5.87. The highest BCUT2D eigenvalue weighted by molar-refractivity contribution is 5.89. The largest absolute Gasteiger partial charge is 0.372 e. The van der Waals surface area contributed by atoms with Crippen molar-refractivity contribution >= 4 is 17.4 Å². The summed E-state index contributed by atoms with van der Waals surface area (Å²) in [5, 5.41) is 5.73. The van der Waals surface area contributed by atoms with E-state index in [1.807, 2.05) is 26.2 Å². The maximum atomic E-state index is 11.8. The molecule has 0 atom stereocenters. The van der Waals surface area contributed by atoms with Crippen LogP contribution >= 0.6 is 0 Å². The molecule has 0 saturated carbocycles. The van der Waals surface area contributed by atoms with E-state index >= 15 is 0 Å². The van der Waals surface area contributed by atoms with Gasteiger partial charge in [0, 0.05) is 31.0 Å². The lowest BCUT2D eigenvalue weighted by Gasteiger charge is -2.17. The fraction of sp³-hybridized carbons (Fsp3) is 0.562. The molecule has 1 aliphatic heterocycles. The molecule has 0 aromatic heterocycles. The van der Waals surface area contributed by atoms with Crippen LogP contribution < -0.4 is 15.5 Å². The van der Waals surface area contributed by atoms with E-state index in [0.717, 1.165) is 31.7 Å². The number of anilines is 2. The summed E-state index contributed by atoms with van der Waals surface area (Å²) in [5.41, 5.74) is 2.08. The van der Waals surface area contributed by atoms with Crippen LogP contribution in [0.25, 0.3) is 0 Å². The Hall–Kier alpha value is -1.75. The molecule has 2 amide bonds. The number of carbonyl (C=O) groups is 1. The zero-order chi connectivity index (χ0) is 15.1. The molecule has 116 valence electrons. The van der Waals surface area contributed by atoms with Crippen molar-refractivity contribution in [3.05, 3.63) is 24.3 Å². The zero-order valence-corrected chi connectivity index (χ0v) is 13.1. The van der Waals surface area contributed by atoms with E-state index in [2.05, 4.69) is 32.6 Å². The van der Waals surface area contributed by atoms with Crippen LogP contribution in [-0.2, 0) is 0 Å². The number of carbonyl (C=O) groups excluding carboxylic acids is 1. The molecule has 0 bridgehead atoms. The Morgan fingerprint density at radius 2 is 1.86 bits per heavy atom. The van der Waals surface area contributed by atoms with Crippen LogP contribution in [0, 0.1) is 0 Å². The van der Waals surface area contributed by atoms with Crippen molar-refractivity contribution in [3.8, 4) is 0 Å². The second-order valence-electron chi connectivity index (χ2n) is 5.78. The average Bonchev–Trinajstić information content (AvgIpc) is 2.98. The normalized spacial score (nSPS) is 14.5. The molecule has 2 rings (SSSR count). The van der Waals surface area contributed by atoms with Crippen LogP contribution in [0.1, 0.15) is 19.3 Å². The number of hydrogen-bond donors (Lipinski definition) is 2. The van der Waals surface area contributed by atoms with Gasteiger partial charge < -0.3 is 20.4 Å². The predicted octanol–water partition coefficient (Wildman–Crippen LogP) is 2.36. The van der Waals surface area contributed by atoms with Gasteiger partial charge in [-0.3, -0.25) is 0 Å². The van der Waals surface area contributed by atoms with E-state index in [-0.39, 0.29) is 6.03 Å². The molecule has 1 aromatic rings. The predicted molar refractivity (Wildman–Crippen MR) is 88.1 cm³/mol. The van der Waals surface area contributed by atoms with Crippen molar-refractivity contribution in [1.82, 2.24) is 10.2 Å². The van der Waals surface area contributed by atoms with Crippen molar-refractivity contribution in [2.45, 2.75) is 19.3 Å². The summed E-state index contributed by atoms with van der Waals surface area (Å²) in [6.07, 6.45) is 3.50. The number of urea groups is 1. The highest BCUT2D eigenvalue weighted by Crippen LogP contribution is 2.21. The Labute approximate surface area is 127 Å². The molecule has 5 heteroatoms. The Bertz CT molecular complexity index is 438. The van der Waals surface area contributed by atoms with Gasteiger partial charge in [-0.2, -0.15) is 0 Å². The lowest BCUT2D eigenvalue weighted by atomic mass is 10.2. The number of nitrogens with zero attached hydrogens (tertiary/aromatic N) is 2. The number of rotatable bonds is 6. The summed E-state index contributed by atoms with van der Waals surface area (Å²) in [6.45, 7) is 3.94. The fourth-order valence-electron chi connectivity index (χ4n) is 2.50. The van der Waals surface area contributed by atoms with Crippen molar-refractivity contribution < 1.29 is 4.79 Å². The molecular weight excluding hydrogens is 264 g/mol. The second kappa shape index (κ2) is 7.88. The molecule has 0 aliphatic carbocycles. The maximum absolute atomic E-state index is 11.8. The molecule has 0 spiro atoms. The van der Waals surface area contributed by atoms with Gasteiger partial charge in [0.1, 0.15) is 0 Å². The molecule has 1 saturated heterocycles. The summed E-state index contributed by atoms with van der Waals surface area (Å²) < 4.78 is 0. The van der Waals surface area contributed by atoms with Crippen LogP contribution in [0.3, 0.4) is 0 Å². The standard InChI is InChI=1S/C16H26N4O/c1-19(2)11-5-10-17-16(21)18-14-6-8-15(9-7-14)20-12-3-4-13-20/h6-9H,3-5,10-13H2,1-2H3,(H2,17,18,21). The lowest BCUT2D eigenvalue weighted by molar-refractivity contribution is 0.251. The van der Waals surface area contributed by atoms with Crippen molar-refractivity contribution in [1.29, 1.82) is 0 Å². The van der Waals surface area contributed by atoms with E-state index in [9.17, 15) is 4.79 Å². The van der Waals surface area contributed by atoms with Gasteiger partial charge in [0.25, 0.3) is 0 Å². The van der Waals surface area contributed by atoms with Gasteiger partial charge in [-0.1, -0.05) is 0 Å². The van der Waals surface area contributed by atoms with E-state index in [4.69, 9.17) is 0 Å². The fourth-order valence-corrected chi connectivity index (χ4v) is 2.50. The summed E-state index contributed by atoms with van der Waals surface area (Å²) in [7, 11) is 4.06. The monoisotopic (exact) mass is 290 g/mol. The van der Waals surface area contributed by atoms with E-state index < -0.39 is 0 Å². The smallest absolute Gasteiger partial charge is 0.319 e. The number of benzene rings is 1. The van der Waals surface area contributed by atoms with E-state index in [1.54, 1.807) is 0 Å². The highest BCUT2D eigenvalue weighted by Gasteiger charge is 2.11. The molecule has 21 heavy (non-hydrogen) atoms. The number of hydrogen-bond acceptors (Lipinski definition) is 3. The summed E-state index contributed by atoms with van der Waals surface area (Å²) in [5.74, 6) is 0. The first kappa shape index (κ1) is 15.6. The van der Waals surface area contributed by atoms with Crippen molar-refractivity contribution in [3.63, 3.8) is 0 Å². The summed E-state index contributed by atoms with van der Waals surface area (Å²) in [4.78, 5) is 16.2. The molecule has 1 heterocycles. The van der Waals surface area contributed by atoms with Crippen LogP contribution in [0.15, 0.2) is 24.3 Å². The number of amides is 2. The minimum absolute atomic E-state index is 0.136. The van der Waals surface area contributed by atoms with Crippen LogP contribution in [0.2, 0.25) is 0 Å². The van der Waals surface area contributed by atoms with Gasteiger partial charge >= 0.3 is 6.03 Å². The minimum atomic E-state index is -0.136. The molecule has 1 aromatic carbocycles. The Balaban J connectivity index is 1.73. The van der Waals surface area contributed by atoms with Gasteiger partial charge in [0.15, 0.2) is 0 Å². The quantitative estimate of drug-likeness (QED) is 0.791. The first-order chi connectivity index (χ1) is 10.1. The SMILES string of the molecule is CN(C)CCCNC(=O)Nc1ccc(N2CCCC2)cc1. The topological polar surface area (TPSA) is 47.6 Å². The van der Waals surface area contributed by atoms with Gasteiger partial charge in [0.2, 0.25) is 0 Å². The Morgan fingerprint density at radius 3 is 2.48 bits per heavy atom. The Morgan fingerprint density at radius 1 is 1.19 bits per heavy atom. The summed E-state index contributed by atoms with van der Waals surface area (Å²) >= 11 is 0. The van der Waals surface area contributed by atoms with Gasteiger partial charge in [-0.05, 0) is 64.2 Å². The second-order valence-corrected chi connectivity index (χ2v) is 5.78. The van der Waals surface area contributed by atoms with Crippen LogP contribution in [0.5, 0.6) is 0 Å². The zero-order valence-electron chi connectivity index (χ0n) is 13.1. The molecule has 5 nitrogen and oxygen atoms in total. The molecule has 2 N–H and O–H groups in total. The van der Waals surface area contributed by atoms with Crippen LogP contribution in [0.4, 0.5) is 16.2 Å². The van der Waals surface area contributed by atoms with E-state index in [1.165, 1.54) is 18.5 Å². The van der Waals surface area contributed by atoms with Crippen molar-refractivity contribution in [2.24, 2.45) is 0 Å². The molecule has 0 radical (unpaired) electrons. The summed E-state index contributed by atoms with van der Waals surface area (Å²) in [6, 6.07) is 7.95. The average molecular weight is 290 g/mol. The third-order valence-electron chi connectivity index (χ3n) is 3.66. The molecule has 0 unspecified atom stereocenters. The van der Waals surface area contributed by atoms with Crippen LogP contribution in [-0.4, -0.2) is 51.2 Å². The third kappa shape index (κ3) is 5.27. The van der Waals surface area contributed by atoms with Gasteiger partial charge in [0.05, 0.1) is 0 Å². The van der Waals surface area contributed by atoms with Crippen molar-refractivity contribution in [2.75, 3.05) is 50.5 Å². The minimum Gasteiger partial charge on any atom is -0.372 e. The first-order valence-corrected chi connectivity index (χ1v) is 7.70. The highest BCUT2D eigenvalue weighted by atomic mass is 16.2. The molecular formula is C16H26N4O. The molecule has 1 fully saturated rings. The lowest BCUT2D eigenvalue weighted by Crippen LogP contribution is -2.31.